The Hall–Kier alpha value is -2.28. The monoisotopic (exact) mass is 330 g/mol. The van der Waals surface area contributed by atoms with Crippen LogP contribution in [0.15, 0.2) is 41.8 Å². The van der Waals surface area contributed by atoms with E-state index < -0.39 is 12.0 Å². The zero-order chi connectivity index (χ0) is 16.4. The van der Waals surface area contributed by atoms with Gasteiger partial charge in [-0.2, -0.15) is 0 Å². The predicted octanol–water partition coefficient (Wildman–Crippen LogP) is 0.216. The number of nitrogens with zero attached hydrogens (tertiary/aromatic N) is 3. The summed E-state index contributed by atoms with van der Waals surface area (Å²) in [6.45, 7) is 0.300. The fraction of sp³-hybridized carbons (Fsp3) is 0.312. The van der Waals surface area contributed by atoms with E-state index in [0.717, 1.165) is 16.3 Å². The van der Waals surface area contributed by atoms with Crippen LogP contribution in [0.25, 0.3) is 0 Å². The lowest BCUT2D eigenvalue weighted by molar-refractivity contribution is -0.311. The van der Waals surface area contributed by atoms with Gasteiger partial charge in [0.05, 0.1) is 17.8 Å². The van der Waals surface area contributed by atoms with E-state index in [2.05, 4.69) is 4.98 Å². The van der Waals surface area contributed by atoms with Gasteiger partial charge in [-0.1, -0.05) is 36.0 Å². The van der Waals surface area contributed by atoms with Crippen molar-refractivity contribution in [2.45, 2.75) is 24.2 Å². The van der Waals surface area contributed by atoms with E-state index in [0.29, 0.717) is 6.54 Å². The second-order valence-corrected chi connectivity index (χ2v) is 6.38. The van der Waals surface area contributed by atoms with Gasteiger partial charge >= 0.3 is 0 Å². The van der Waals surface area contributed by atoms with E-state index in [9.17, 15) is 14.7 Å². The zero-order valence-corrected chi connectivity index (χ0v) is 13.5. The standard InChI is InChI=1S/C16H17N3O3S/c1-18-7-6-17-16(18)23-10-14(20)19-9-12-5-3-2-4-11(12)8-13(19)15(21)22/h2-7,13H,8-10H2,1H3,(H,21,22)/p-1/t13-/m1/s1. The topological polar surface area (TPSA) is 78.3 Å². The van der Waals surface area contributed by atoms with Crippen molar-refractivity contribution in [1.29, 1.82) is 0 Å². The lowest BCUT2D eigenvalue weighted by Gasteiger charge is -2.37. The number of imidazole rings is 1. The van der Waals surface area contributed by atoms with Crippen molar-refractivity contribution < 1.29 is 14.7 Å². The van der Waals surface area contributed by atoms with Gasteiger partial charge in [0.1, 0.15) is 0 Å². The first-order valence-corrected chi connectivity index (χ1v) is 8.22. The number of aromatic nitrogens is 2. The van der Waals surface area contributed by atoms with Gasteiger partial charge in [-0.05, 0) is 17.5 Å². The quantitative estimate of drug-likeness (QED) is 0.749. The summed E-state index contributed by atoms with van der Waals surface area (Å²) in [5, 5.41) is 12.2. The van der Waals surface area contributed by atoms with Crippen molar-refractivity contribution in [1.82, 2.24) is 14.5 Å². The maximum atomic E-state index is 12.5. The van der Waals surface area contributed by atoms with Gasteiger partial charge in [0, 0.05) is 26.0 Å². The lowest BCUT2D eigenvalue weighted by Crippen LogP contribution is -2.54. The molecule has 2 heterocycles. The van der Waals surface area contributed by atoms with Crippen molar-refractivity contribution in [3.05, 3.63) is 47.8 Å². The van der Waals surface area contributed by atoms with E-state index in [-0.39, 0.29) is 18.1 Å². The highest BCUT2D eigenvalue weighted by Crippen LogP contribution is 2.25. The zero-order valence-electron chi connectivity index (χ0n) is 12.6. The molecule has 120 valence electrons. The minimum atomic E-state index is -1.21. The average molecular weight is 330 g/mol. The number of aliphatic carboxylic acids is 1. The van der Waals surface area contributed by atoms with Gasteiger partial charge in [0.2, 0.25) is 5.91 Å². The number of aryl methyl sites for hydroxylation is 1. The second-order valence-electron chi connectivity index (χ2n) is 5.44. The SMILES string of the molecule is Cn1ccnc1SCC(=O)N1Cc2ccccc2C[C@@H]1C(=O)[O-]. The molecule has 23 heavy (non-hydrogen) atoms. The summed E-state index contributed by atoms with van der Waals surface area (Å²) in [5.74, 6) is -1.28. The minimum absolute atomic E-state index is 0.150. The van der Waals surface area contributed by atoms with Crippen LogP contribution in [0.5, 0.6) is 0 Å². The molecule has 3 rings (SSSR count). The summed E-state index contributed by atoms with van der Waals surface area (Å²) < 4.78 is 1.82. The molecule has 0 spiro atoms. The highest BCUT2D eigenvalue weighted by molar-refractivity contribution is 7.99. The summed E-state index contributed by atoms with van der Waals surface area (Å²) in [5.41, 5.74) is 1.95. The average Bonchev–Trinajstić information content (AvgIpc) is 2.96. The third-order valence-corrected chi connectivity index (χ3v) is 4.99. The number of carbonyl (C=O) groups excluding carboxylic acids is 2. The molecule has 1 aliphatic rings. The van der Waals surface area contributed by atoms with Crippen LogP contribution in [-0.2, 0) is 29.6 Å². The maximum Gasteiger partial charge on any atom is 0.233 e. The second kappa shape index (κ2) is 6.45. The molecule has 2 aromatic rings. The normalized spacial score (nSPS) is 16.9. The maximum absolute atomic E-state index is 12.5. The third kappa shape index (κ3) is 3.24. The lowest BCUT2D eigenvalue weighted by atomic mass is 9.94. The Bertz CT molecular complexity index is 744. The molecule has 0 N–H and O–H groups in total. The van der Waals surface area contributed by atoms with Crippen LogP contribution in [0.1, 0.15) is 11.1 Å². The Labute approximate surface area is 138 Å². The fourth-order valence-electron chi connectivity index (χ4n) is 2.70. The first-order valence-electron chi connectivity index (χ1n) is 7.23. The van der Waals surface area contributed by atoms with Gasteiger partial charge in [0.25, 0.3) is 0 Å². The van der Waals surface area contributed by atoms with Crippen molar-refractivity contribution in [2.24, 2.45) is 7.05 Å². The molecular formula is C16H16N3O3S-. The third-order valence-electron chi connectivity index (χ3n) is 3.94. The molecule has 7 heteroatoms. The van der Waals surface area contributed by atoms with Crippen LogP contribution in [0.3, 0.4) is 0 Å². The first kappa shape index (κ1) is 15.6. The molecule has 6 nitrogen and oxygen atoms in total. The Morgan fingerprint density at radius 3 is 2.74 bits per heavy atom. The van der Waals surface area contributed by atoms with Gasteiger partial charge in [-0.25, -0.2) is 4.98 Å². The molecular weight excluding hydrogens is 314 g/mol. The minimum Gasteiger partial charge on any atom is -0.548 e. The first-order chi connectivity index (χ1) is 11.1. The van der Waals surface area contributed by atoms with Crippen molar-refractivity contribution in [3.63, 3.8) is 0 Å². The van der Waals surface area contributed by atoms with Gasteiger partial charge < -0.3 is 19.4 Å². The van der Waals surface area contributed by atoms with Gasteiger partial charge in [-0.3, -0.25) is 4.79 Å². The van der Waals surface area contributed by atoms with Crippen LogP contribution < -0.4 is 5.11 Å². The van der Waals surface area contributed by atoms with E-state index in [1.165, 1.54) is 16.7 Å². The number of fused-ring (bicyclic) bond motifs is 1. The number of carbonyl (C=O) groups is 2. The number of carboxylic acids is 1. The highest BCUT2D eigenvalue weighted by atomic mass is 32.2. The van der Waals surface area contributed by atoms with Crippen molar-refractivity contribution in [3.8, 4) is 0 Å². The van der Waals surface area contributed by atoms with E-state index in [4.69, 9.17) is 0 Å². The number of rotatable bonds is 4. The Balaban J connectivity index is 1.75. The number of amides is 1. The van der Waals surface area contributed by atoms with Crippen molar-refractivity contribution in [2.75, 3.05) is 5.75 Å². The molecule has 0 bridgehead atoms. The molecule has 0 saturated carbocycles. The summed E-state index contributed by atoms with van der Waals surface area (Å²) >= 11 is 1.30. The summed E-state index contributed by atoms with van der Waals surface area (Å²) in [7, 11) is 1.85. The Kier molecular flexibility index (Phi) is 4.38. The smallest absolute Gasteiger partial charge is 0.233 e. The van der Waals surface area contributed by atoms with E-state index in [1.807, 2.05) is 35.9 Å². The summed E-state index contributed by atoms with van der Waals surface area (Å²) in [6, 6.07) is 6.67. The van der Waals surface area contributed by atoms with E-state index >= 15 is 0 Å². The van der Waals surface area contributed by atoms with Crippen LogP contribution in [0.2, 0.25) is 0 Å². The summed E-state index contributed by atoms with van der Waals surface area (Å²) in [4.78, 5) is 29.5. The molecule has 1 aromatic carbocycles. The number of thioether (sulfide) groups is 1. The molecule has 0 radical (unpaired) electrons. The van der Waals surface area contributed by atoms with Crippen molar-refractivity contribution >= 4 is 23.6 Å². The number of hydrogen-bond acceptors (Lipinski definition) is 5. The fourth-order valence-corrected chi connectivity index (χ4v) is 3.51. The molecule has 1 atom stereocenters. The molecule has 1 aromatic heterocycles. The van der Waals surface area contributed by atoms with Crippen LogP contribution in [0, 0.1) is 0 Å². The van der Waals surface area contributed by atoms with Crippen LogP contribution in [-0.4, -0.2) is 38.1 Å². The molecule has 0 saturated heterocycles. The molecule has 0 fully saturated rings. The molecule has 0 aliphatic carbocycles. The van der Waals surface area contributed by atoms with Crippen LogP contribution >= 0.6 is 11.8 Å². The Morgan fingerprint density at radius 1 is 1.35 bits per heavy atom. The summed E-state index contributed by atoms with van der Waals surface area (Å²) in [6.07, 6.45) is 3.75. The molecule has 0 unspecified atom stereocenters. The highest BCUT2D eigenvalue weighted by Gasteiger charge is 2.30. The number of carboxylic acid groups (broad SMARTS) is 1. The van der Waals surface area contributed by atoms with Crippen LogP contribution in [0.4, 0.5) is 0 Å². The number of benzene rings is 1. The van der Waals surface area contributed by atoms with E-state index in [1.54, 1.807) is 12.4 Å². The van der Waals surface area contributed by atoms with Gasteiger partial charge in [0.15, 0.2) is 5.16 Å². The predicted molar refractivity (Wildman–Crippen MR) is 83.4 cm³/mol. The largest absolute Gasteiger partial charge is 0.548 e. The molecule has 1 aliphatic heterocycles. The molecule has 1 amide bonds. The van der Waals surface area contributed by atoms with Gasteiger partial charge in [-0.15, -0.1) is 0 Å². The number of hydrogen-bond donors (Lipinski definition) is 0. The Morgan fingerprint density at radius 2 is 2.09 bits per heavy atom.